The zero-order valence-electron chi connectivity index (χ0n) is 18.4. The molecule has 0 radical (unpaired) electrons. The number of amides is 1. The van der Waals surface area contributed by atoms with Gasteiger partial charge in [0.25, 0.3) is 5.91 Å². The number of carbonyl (C=O) groups excluding carboxylic acids is 1. The molecule has 1 unspecified atom stereocenters. The summed E-state index contributed by atoms with van der Waals surface area (Å²) in [6.07, 6.45) is 5.17. The molecule has 9 nitrogen and oxygen atoms in total. The van der Waals surface area contributed by atoms with Crippen LogP contribution in [-0.4, -0.2) is 50.0 Å². The van der Waals surface area contributed by atoms with Crippen molar-refractivity contribution in [3.05, 3.63) is 54.3 Å². The maximum absolute atomic E-state index is 13.0. The summed E-state index contributed by atoms with van der Waals surface area (Å²) >= 11 is 0. The second-order valence-electron chi connectivity index (χ2n) is 7.95. The minimum atomic E-state index is -0.380. The van der Waals surface area contributed by atoms with E-state index in [1.54, 1.807) is 12.3 Å². The highest BCUT2D eigenvalue weighted by molar-refractivity contribution is 6.06. The molecule has 0 bridgehead atoms. The number of nitrogens with one attached hydrogen (secondary N) is 1. The average molecular weight is 469 g/mol. The van der Waals surface area contributed by atoms with Crippen LogP contribution >= 0.6 is 12.4 Å². The third kappa shape index (κ3) is 4.42. The lowest BCUT2D eigenvalue weighted by atomic mass is 10.1. The highest BCUT2D eigenvalue weighted by Crippen LogP contribution is 2.34. The van der Waals surface area contributed by atoms with Gasteiger partial charge in [0.15, 0.2) is 5.69 Å². The van der Waals surface area contributed by atoms with Crippen molar-refractivity contribution in [2.75, 3.05) is 23.3 Å². The molecule has 1 fully saturated rings. The highest BCUT2D eigenvalue weighted by Gasteiger charge is 2.25. The Labute approximate surface area is 196 Å². The first kappa shape index (κ1) is 22.8. The molecule has 0 saturated carbocycles. The normalized spacial score (nSPS) is 15.6. The van der Waals surface area contributed by atoms with Gasteiger partial charge in [0, 0.05) is 42.5 Å². The van der Waals surface area contributed by atoms with Crippen LogP contribution in [0.4, 0.5) is 11.4 Å². The zero-order chi connectivity index (χ0) is 22.2. The van der Waals surface area contributed by atoms with Gasteiger partial charge in [0.05, 0.1) is 29.2 Å². The molecule has 4 aromatic rings. The Morgan fingerprint density at radius 1 is 1.33 bits per heavy atom. The quantitative estimate of drug-likeness (QED) is 0.460. The van der Waals surface area contributed by atoms with Crippen molar-refractivity contribution in [2.45, 2.75) is 32.9 Å². The van der Waals surface area contributed by atoms with Crippen LogP contribution in [0, 0.1) is 6.92 Å². The molecule has 172 valence electrons. The van der Waals surface area contributed by atoms with Crippen LogP contribution in [0.3, 0.4) is 0 Å². The van der Waals surface area contributed by atoms with Crippen LogP contribution in [0.25, 0.3) is 22.4 Å². The largest absolute Gasteiger partial charge is 0.444 e. The summed E-state index contributed by atoms with van der Waals surface area (Å²) in [5, 5.41) is 18.4. The number of rotatable bonds is 5. The summed E-state index contributed by atoms with van der Waals surface area (Å²) in [4.78, 5) is 23.7. The minimum absolute atomic E-state index is 0. The number of anilines is 2. The second-order valence-corrected chi connectivity index (χ2v) is 7.95. The van der Waals surface area contributed by atoms with E-state index in [0.29, 0.717) is 31.1 Å². The van der Waals surface area contributed by atoms with Crippen molar-refractivity contribution in [2.24, 2.45) is 0 Å². The predicted octanol–water partition coefficient (Wildman–Crippen LogP) is 3.66. The van der Waals surface area contributed by atoms with Gasteiger partial charge in [-0.25, -0.2) is 4.98 Å². The molecule has 10 heteroatoms. The summed E-state index contributed by atoms with van der Waals surface area (Å²) in [5.41, 5.74) is 4.22. The third-order valence-electron chi connectivity index (χ3n) is 5.69. The Bertz CT molecular complexity index is 1300. The van der Waals surface area contributed by atoms with Gasteiger partial charge in [-0.1, -0.05) is 0 Å². The van der Waals surface area contributed by atoms with Crippen molar-refractivity contribution in [1.29, 1.82) is 0 Å². The molecule has 1 aromatic carbocycles. The SMILES string of the molecule is CCn1ncc2cc(N3CCC(O)C3)c(NC(=O)c3coc(-c4ccnc(C)c4)n3)cc21.Cl. The van der Waals surface area contributed by atoms with Crippen LogP contribution in [0.15, 0.2) is 47.3 Å². The molecule has 1 aliphatic heterocycles. The molecule has 1 atom stereocenters. The number of hydrogen-bond acceptors (Lipinski definition) is 7. The summed E-state index contributed by atoms with van der Waals surface area (Å²) in [5.74, 6) is -0.00302. The molecule has 0 aliphatic carbocycles. The van der Waals surface area contributed by atoms with Crippen molar-refractivity contribution in [3.63, 3.8) is 0 Å². The fraction of sp³-hybridized carbons (Fsp3) is 0.304. The summed E-state index contributed by atoms with van der Waals surface area (Å²) in [7, 11) is 0. The number of benzene rings is 1. The number of β-amino-alcohol motifs (C(OH)–C–C–N with tert-alkyl or cyclic N) is 1. The number of pyridine rings is 1. The summed E-state index contributed by atoms with van der Waals surface area (Å²) in [6, 6.07) is 7.58. The number of aliphatic hydroxyl groups is 1. The van der Waals surface area contributed by atoms with Gasteiger partial charge in [-0.05, 0) is 44.5 Å². The monoisotopic (exact) mass is 468 g/mol. The van der Waals surface area contributed by atoms with E-state index >= 15 is 0 Å². The van der Waals surface area contributed by atoms with Gasteiger partial charge in [-0.3, -0.25) is 14.5 Å². The lowest BCUT2D eigenvalue weighted by Gasteiger charge is -2.22. The van der Waals surface area contributed by atoms with Crippen molar-refractivity contribution < 1.29 is 14.3 Å². The van der Waals surface area contributed by atoms with Crippen molar-refractivity contribution >= 4 is 40.6 Å². The molecule has 4 heterocycles. The Hall–Kier alpha value is -3.43. The van der Waals surface area contributed by atoms with Crippen LogP contribution in [0.1, 0.15) is 29.5 Å². The first-order valence-electron chi connectivity index (χ1n) is 10.6. The van der Waals surface area contributed by atoms with E-state index in [1.807, 2.05) is 42.9 Å². The fourth-order valence-electron chi connectivity index (χ4n) is 4.06. The van der Waals surface area contributed by atoms with Crippen LogP contribution in [-0.2, 0) is 6.54 Å². The Balaban J connectivity index is 0.00000259. The smallest absolute Gasteiger partial charge is 0.277 e. The van der Waals surface area contributed by atoms with Gasteiger partial charge < -0.3 is 19.7 Å². The molecule has 5 rings (SSSR count). The lowest BCUT2D eigenvalue weighted by Crippen LogP contribution is -2.23. The van der Waals surface area contributed by atoms with E-state index in [-0.39, 0.29) is 30.1 Å². The van der Waals surface area contributed by atoms with Crippen LogP contribution in [0.2, 0.25) is 0 Å². The summed E-state index contributed by atoms with van der Waals surface area (Å²) < 4.78 is 7.43. The topological polar surface area (TPSA) is 109 Å². The fourth-order valence-corrected chi connectivity index (χ4v) is 4.06. The van der Waals surface area contributed by atoms with Gasteiger partial charge in [0.2, 0.25) is 5.89 Å². The predicted molar refractivity (Wildman–Crippen MR) is 128 cm³/mol. The number of oxazole rings is 1. The first-order chi connectivity index (χ1) is 15.5. The van der Waals surface area contributed by atoms with Crippen LogP contribution in [0.5, 0.6) is 0 Å². The van der Waals surface area contributed by atoms with E-state index in [4.69, 9.17) is 4.42 Å². The van der Waals surface area contributed by atoms with E-state index in [0.717, 1.165) is 34.4 Å². The first-order valence-corrected chi connectivity index (χ1v) is 10.6. The number of fused-ring (bicyclic) bond motifs is 1. The van der Waals surface area contributed by atoms with Gasteiger partial charge in [-0.2, -0.15) is 5.10 Å². The number of hydrogen-bond donors (Lipinski definition) is 2. The van der Waals surface area contributed by atoms with Gasteiger partial charge >= 0.3 is 0 Å². The average Bonchev–Trinajstić information content (AvgIpc) is 3.52. The zero-order valence-corrected chi connectivity index (χ0v) is 19.2. The summed E-state index contributed by atoms with van der Waals surface area (Å²) in [6.45, 7) is 5.86. The molecule has 1 amide bonds. The maximum Gasteiger partial charge on any atom is 0.277 e. The minimum Gasteiger partial charge on any atom is -0.444 e. The second kappa shape index (κ2) is 9.21. The lowest BCUT2D eigenvalue weighted by molar-refractivity contribution is 0.102. The maximum atomic E-state index is 13.0. The molecule has 3 aromatic heterocycles. The Morgan fingerprint density at radius 2 is 2.18 bits per heavy atom. The molecular formula is C23H25ClN6O3. The van der Waals surface area contributed by atoms with Gasteiger partial charge in [0.1, 0.15) is 6.26 Å². The highest BCUT2D eigenvalue weighted by atomic mass is 35.5. The van der Waals surface area contributed by atoms with E-state index < -0.39 is 0 Å². The van der Waals surface area contributed by atoms with E-state index in [1.165, 1.54) is 6.26 Å². The third-order valence-corrected chi connectivity index (χ3v) is 5.69. The van der Waals surface area contributed by atoms with E-state index in [2.05, 4.69) is 25.3 Å². The molecule has 1 saturated heterocycles. The number of aryl methyl sites for hydroxylation is 2. The van der Waals surface area contributed by atoms with Crippen LogP contribution < -0.4 is 10.2 Å². The number of halogens is 1. The number of carbonyl (C=O) groups is 1. The number of aromatic nitrogens is 4. The number of nitrogens with zero attached hydrogens (tertiary/aromatic N) is 5. The standard InChI is InChI=1S/C23H24N6O3.ClH/c1-3-29-20-10-18(21(9-16(20)11-25-29)28-7-5-17(30)12-28)26-22(31)19-13-32-23(27-19)15-4-6-24-14(2)8-15;/h4,6,8-11,13,17,30H,3,5,7,12H2,1-2H3,(H,26,31);1H. The van der Waals surface area contributed by atoms with Gasteiger partial charge in [-0.15, -0.1) is 12.4 Å². The molecule has 33 heavy (non-hydrogen) atoms. The molecular weight excluding hydrogens is 444 g/mol. The van der Waals surface area contributed by atoms with Crippen molar-refractivity contribution in [3.8, 4) is 11.5 Å². The number of aliphatic hydroxyl groups excluding tert-OH is 1. The molecule has 0 spiro atoms. The van der Waals surface area contributed by atoms with Crippen molar-refractivity contribution in [1.82, 2.24) is 19.7 Å². The molecule has 2 N–H and O–H groups in total. The Kier molecular flexibility index (Phi) is 6.35. The Morgan fingerprint density at radius 3 is 2.91 bits per heavy atom. The molecule has 1 aliphatic rings. The van der Waals surface area contributed by atoms with E-state index in [9.17, 15) is 9.90 Å².